The molecular formula is C15H12BrN3O. The number of anilines is 2. The predicted molar refractivity (Wildman–Crippen MR) is 82.4 cm³/mol. The second-order valence-electron chi connectivity index (χ2n) is 4.07. The molecule has 1 amide bonds. The van der Waals surface area contributed by atoms with Crippen LogP contribution in [0.25, 0.3) is 0 Å². The van der Waals surface area contributed by atoms with Gasteiger partial charge in [-0.3, -0.25) is 4.79 Å². The molecule has 4 nitrogen and oxygen atoms in total. The number of halogens is 1. The molecule has 2 aromatic rings. The third-order valence-electron chi connectivity index (χ3n) is 2.60. The van der Waals surface area contributed by atoms with E-state index in [0.717, 1.165) is 10.2 Å². The summed E-state index contributed by atoms with van der Waals surface area (Å²) in [6, 6.07) is 16.6. The van der Waals surface area contributed by atoms with E-state index < -0.39 is 0 Å². The second-order valence-corrected chi connectivity index (χ2v) is 4.99. The molecule has 0 fully saturated rings. The molecule has 0 aromatic heterocycles. The molecular weight excluding hydrogens is 318 g/mol. The largest absolute Gasteiger partial charge is 0.375 e. The van der Waals surface area contributed by atoms with Crippen molar-refractivity contribution in [3.8, 4) is 6.07 Å². The third kappa shape index (κ3) is 3.84. The summed E-state index contributed by atoms with van der Waals surface area (Å²) in [5.74, 6) is -0.164. The van der Waals surface area contributed by atoms with E-state index in [-0.39, 0.29) is 12.5 Å². The van der Waals surface area contributed by atoms with Crippen LogP contribution < -0.4 is 10.6 Å². The van der Waals surface area contributed by atoms with Gasteiger partial charge in [-0.2, -0.15) is 5.26 Å². The van der Waals surface area contributed by atoms with Crippen molar-refractivity contribution in [1.29, 1.82) is 5.26 Å². The summed E-state index contributed by atoms with van der Waals surface area (Å²) in [6.07, 6.45) is 0. The average Bonchev–Trinajstić information content (AvgIpc) is 2.47. The first-order chi connectivity index (χ1) is 9.69. The summed E-state index contributed by atoms with van der Waals surface area (Å²) in [5.41, 5.74) is 1.88. The lowest BCUT2D eigenvalue weighted by atomic mass is 10.2. The first kappa shape index (κ1) is 14.1. The highest BCUT2D eigenvalue weighted by atomic mass is 79.9. The van der Waals surface area contributed by atoms with Crippen LogP contribution in [0.15, 0.2) is 53.0 Å². The molecule has 0 aliphatic rings. The fourth-order valence-electron chi connectivity index (χ4n) is 1.67. The number of carbonyl (C=O) groups is 1. The van der Waals surface area contributed by atoms with E-state index in [9.17, 15) is 4.79 Å². The average molecular weight is 330 g/mol. The van der Waals surface area contributed by atoms with E-state index in [2.05, 4.69) is 32.6 Å². The van der Waals surface area contributed by atoms with Crippen LogP contribution in [0.2, 0.25) is 0 Å². The van der Waals surface area contributed by atoms with Gasteiger partial charge in [0.2, 0.25) is 5.91 Å². The van der Waals surface area contributed by atoms with Crippen molar-refractivity contribution in [2.45, 2.75) is 0 Å². The summed E-state index contributed by atoms with van der Waals surface area (Å²) in [6.45, 7) is 0.102. The molecule has 100 valence electrons. The van der Waals surface area contributed by atoms with E-state index in [1.165, 1.54) is 0 Å². The van der Waals surface area contributed by atoms with Gasteiger partial charge in [0.15, 0.2) is 0 Å². The van der Waals surface area contributed by atoms with Crippen molar-refractivity contribution < 1.29 is 4.79 Å². The fraction of sp³-hybridized carbons (Fsp3) is 0.0667. The smallest absolute Gasteiger partial charge is 0.243 e. The SMILES string of the molecule is N#Cc1cc(Br)ccc1NCC(=O)Nc1ccccc1. The van der Waals surface area contributed by atoms with Crippen LogP contribution in [0.5, 0.6) is 0 Å². The molecule has 5 heteroatoms. The summed E-state index contributed by atoms with van der Waals surface area (Å²) in [4.78, 5) is 11.8. The Morgan fingerprint density at radius 1 is 1.20 bits per heavy atom. The van der Waals surface area contributed by atoms with Crippen molar-refractivity contribution in [2.24, 2.45) is 0 Å². The summed E-state index contributed by atoms with van der Waals surface area (Å²) in [7, 11) is 0. The number of nitrogens with zero attached hydrogens (tertiary/aromatic N) is 1. The third-order valence-corrected chi connectivity index (χ3v) is 3.09. The fourth-order valence-corrected chi connectivity index (χ4v) is 2.03. The number of carbonyl (C=O) groups excluding carboxylic acids is 1. The van der Waals surface area contributed by atoms with E-state index >= 15 is 0 Å². The number of para-hydroxylation sites is 1. The zero-order valence-corrected chi connectivity index (χ0v) is 12.1. The lowest BCUT2D eigenvalue weighted by Crippen LogP contribution is -2.22. The Balaban J connectivity index is 1.96. The van der Waals surface area contributed by atoms with Gasteiger partial charge in [0.05, 0.1) is 17.8 Å². The van der Waals surface area contributed by atoms with Crippen LogP contribution in [0.1, 0.15) is 5.56 Å². The molecule has 2 N–H and O–H groups in total. The molecule has 0 aliphatic heterocycles. The highest BCUT2D eigenvalue weighted by Gasteiger charge is 2.05. The molecule has 0 bridgehead atoms. The minimum Gasteiger partial charge on any atom is -0.375 e. The number of rotatable bonds is 4. The van der Waals surface area contributed by atoms with Gasteiger partial charge >= 0.3 is 0 Å². The number of nitriles is 1. The van der Waals surface area contributed by atoms with Gasteiger partial charge in [-0.15, -0.1) is 0 Å². The maximum atomic E-state index is 11.8. The molecule has 0 heterocycles. The van der Waals surface area contributed by atoms with Crippen LogP contribution in [0.3, 0.4) is 0 Å². The van der Waals surface area contributed by atoms with Crippen molar-refractivity contribution >= 4 is 33.2 Å². The molecule has 0 atom stereocenters. The number of amides is 1. The number of benzene rings is 2. The molecule has 0 radical (unpaired) electrons. The zero-order valence-electron chi connectivity index (χ0n) is 10.6. The molecule has 2 rings (SSSR count). The molecule has 20 heavy (non-hydrogen) atoms. The lowest BCUT2D eigenvalue weighted by molar-refractivity contribution is -0.114. The van der Waals surface area contributed by atoms with Crippen molar-refractivity contribution in [3.05, 3.63) is 58.6 Å². The number of hydrogen-bond donors (Lipinski definition) is 2. The lowest BCUT2D eigenvalue weighted by Gasteiger charge is -2.09. The second kappa shape index (κ2) is 6.73. The van der Waals surface area contributed by atoms with E-state index in [4.69, 9.17) is 5.26 Å². The quantitative estimate of drug-likeness (QED) is 0.903. The minimum atomic E-state index is -0.164. The molecule has 0 spiro atoms. The highest BCUT2D eigenvalue weighted by molar-refractivity contribution is 9.10. The monoisotopic (exact) mass is 329 g/mol. The molecule has 0 unspecified atom stereocenters. The van der Waals surface area contributed by atoms with Gasteiger partial charge in [0.1, 0.15) is 6.07 Å². The van der Waals surface area contributed by atoms with E-state index in [1.54, 1.807) is 12.1 Å². The minimum absolute atomic E-state index is 0.102. The van der Waals surface area contributed by atoms with E-state index in [0.29, 0.717) is 11.3 Å². The highest BCUT2D eigenvalue weighted by Crippen LogP contribution is 2.20. The molecule has 0 aliphatic carbocycles. The Labute approximate surface area is 125 Å². The first-order valence-electron chi connectivity index (χ1n) is 5.97. The Kier molecular flexibility index (Phi) is 4.75. The van der Waals surface area contributed by atoms with Gasteiger partial charge in [-0.1, -0.05) is 34.1 Å². The topological polar surface area (TPSA) is 64.9 Å². The Hall–Kier alpha value is -2.32. The van der Waals surface area contributed by atoms with Gasteiger partial charge < -0.3 is 10.6 Å². The normalized spacial score (nSPS) is 9.60. The van der Waals surface area contributed by atoms with Crippen LogP contribution in [0.4, 0.5) is 11.4 Å². The standard InChI is InChI=1S/C15H12BrN3O/c16-12-6-7-14(11(8-12)9-17)18-10-15(20)19-13-4-2-1-3-5-13/h1-8,18H,10H2,(H,19,20). The maximum absolute atomic E-state index is 11.8. The van der Waals surface area contributed by atoms with Crippen LogP contribution in [-0.4, -0.2) is 12.5 Å². The van der Waals surface area contributed by atoms with E-state index in [1.807, 2.05) is 36.4 Å². The van der Waals surface area contributed by atoms with Gasteiger partial charge in [0.25, 0.3) is 0 Å². The number of nitrogens with one attached hydrogen (secondary N) is 2. The summed E-state index contributed by atoms with van der Waals surface area (Å²) in [5, 5.41) is 14.8. The maximum Gasteiger partial charge on any atom is 0.243 e. The zero-order chi connectivity index (χ0) is 14.4. The Bertz CT molecular complexity index is 650. The molecule has 0 saturated heterocycles. The van der Waals surface area contributed by atoms with Crippen molar-refractivity contribution in [2.75, 3.05) is 17.2 Å². The predicted octanol–water partition coefficient (Wildman–Crippen LogP) is 3.37. The van der Waals surface area contributed by atoms with Gasteiger partial charge in [0, 0.05) is 10.2 Å². The molecule has 2 aromatic carbocycles. The van der Waals surface area contributed by atoms with Gasteiger partial charge in [-0.25, -0.2) is 0 Å². The molecule has 0 saturated carbocycles. The summed E-state index contributed by atoms with van der Waals surface area (Å²) >= 11 is 3.30. The number of hydrogen-bond acceptors (Lipinski definition) is 3. The summed E-state index contributed by atoms with van der Waals surface area (Å²) < 4.78 is 0.827. The van der Waals surface area contributed by atoms with Crippen molar-refractivity contribution in [3.63, 3.8) is 0 Å². The van der Waals surface area contributed by atoms with Crippen LogP contribution >= 0.6 is 15.9 Å². The Morgan fingerprint density at radius 3 is 2.65 bits per heavy atom. The first-order valence-corrected chi connectivity index (χ1v) is 6.77. The Morgan fingerprint density at radius 2 is 1.95 bits per heavy atom. The van der Waals surface area contributed by atoms with Gasteiger partial charge in [-0.05, 0) is 30.3 Å². The van der Waals surface area contributed by atoms with Crippen LogP contribution in [0, 0.1) is 11.3 Å². The van der Waals surface area contributed by atoms with Crippen molar-refractivity contribution in [1.82, 2.24) is 0 Å². The van der Waals surface area contributed by atoms with Crippen LogP contribution in [-0.2, 0) is 4.79 Å².